The number of allylic oxidation sites excluding steroid dienone is 4. The Morgan fingerprint density at radius 2 is 1.43 bits per heavy atom. The number of fused-ring (bicyclic) bond motifs is 3. The summed E-state index contributed by atoms with van der Waals surface area (Å²) in [6.45, 7) is 0. The van der Waals surface area contributed by atoms with Crippen LogP contribution in [0.15, 0.2) is 66.8 Å². The average molecular weight is 442 g/mol. The van der Waals surface area contributed by atoms with Crippen LogP contribution in [0.3, 0.4) is 0 Å². The molecule has 0 aliphatic heterocycles. The number of rotatable bonds is 2. The summed E-state index contributed by atoms with van der Waals surface area (Å²) in [5, 5.41) is 0. The molecule has 0 saturated carbocycles. The first kappa shape index (κ1) is 22.7. The summed E-state index contributed by atoms with van der Waals surface area (Å²) >= 11 is 0. The molecule has 4 heteroatoms. The monoisotopic (exact) mass is 439 g/mol. The zero-order valence-electron chi connectivity index (χ0n) is 12.5. The molecule has 1 radical (unpaired) electrons. The van der Waals surface area contributed by atoms with E-state index in [0.29, 0.717) is 5.92 Å². The molecule has 0 nitrogen and oxygen atoms in total. The fourth-order valence-electron chi connectivity index (χ4n) is 3.28. The van der Waals surface area contributed by atoms with Crippen molar-refractivity contribution >= 4 is 0 Å². The third-order valence-electron chi connectivity index (χ3n) is 4.23. The smallest absolute Gasteiger partial charge is 1.00 e. The van der Waals surface area contributed by atoms with Gasteiger partial charge in [0.1, 0.15) is 0 Å². The summed E-state index contributed by atoms with van der Waals surface area (Å²) < 4.78 is 0. The molecule has 0 atom stereocenters. The van der Waals surface area contributed by atoms with Crippen LogP contribution < -0.4 is 37.2 Å². The van der Waals surface area contributed by atoms with Gasteiger partial charge in [-0.05, 0) is 46.6 Å². The summed E-state index contributed by atoms with van der Waals surface area (Å²) in [5.74, 6) is 0.579. The van der Waals surface area contributed by atoms with E-state index in [2.05, 4.69) is 66.8 Å². The molecule has 2 aliphatic carbocycles. The molecule has 0 amide bonds. The van der Waals surface area contributed by atoms with E-state index in [0.717, 1.165) is 12.8 Å². The maximum Gasteiger partial charge on any atom is 3.00 e. The van der Waals surface area contributed by atoms with Crippen LogP contribution in [0.25, 0.3) is 11.1 Å². The first-order valence-electron chi connectivity index (χ1n) is 6.96. The van der Waals surface area contributed by atoms with Crippen LogP contribution in [0.1, 0.15) is 16.7 Å². The van der Waals surface area contributed by atoms with Crippen LogP contribution in [0.4, 0.5) is 0 Å². The summed E-state index contributed by atoms with van der Waals surface area (Å²) in [6, 6.07) is 15.6. The van der Waals surface area contributed by atoms with E-state index in [1.807, 2.05) is 0 Å². The van der Waals surface area contributed by atoms with E-state index in [4.69, 9.17) is 0 Å². The van der Waals surface area contributed by atoms with Gasteiger partial charge in [0.05, 0.1) is 0 Å². The van der Waals surface area contributed by atoms with Gasteiger partial charge in [0.25, 0.3) is 0 Å². The third-order valence-corrected chi connectivity index (χ3v) is 4.23. The van der Waals surface area contributed by atoms with E-state index in [1.54, 1.807) is 0 Å². The topological polar surface area (TPSA) is 0 Å². The minimum atomic E-state index is 0. The van der Waals surface area contributed by atoms with Crippen LogP contribution >= 0.6 is 0 Å². The maximum atomic E-state index is 2.30. The molecule has 0 heterocycles. The van der Waals surface area contributed by atoms with Gasteiger partial charge in [0.15, 0.2) is 0 Å². The molecule has 0 bridgehead atoms. The molecular formula is C19H16Cl3Zr. The van der Waals surface area contributed by atoms with E-state index in [-0.39, 0.29) is 63.4 Å². The Bertz CT molecular complexity index is 696. The first-order chi connectivity index (χ1) is 9.42. The molecular weight excluding hydrogens is 426 g/mol. The Kier molecular flexibility index (Phi) is 9.71. The zero-order valence-corrected chi connectivity index (χ0v) is 17.2. The second kappa shape index (κ2) is 9.85. The van der Waals surface area contributed by atoms with Crippen molar-refractivity contribution in [1.29, 1.82) is 0 Å². The van der Waals surface area contributed by atoms with Gasteiger partial charge in [-0.25, -0.2) is 0 Å². The normalized spacial score (nSPS) is 13.0. The minimum absolute atomic E-state index is 0. The fourth-order valence-corrected chi connectivity index (χ4v) is 3.28. The largest absolute Gasteiger partial charge is 3.00 e. The van der Waals surface area contributed by atoms with Crippen molar-refractivity contribution < 1.29 is 63.4 Å². The molecule has 117 valence electrons. The Morgan fingerprint density at radius 1 is 0.783 bits per heavy atom. The van der Waals surface area contributed by atoms with Gasteiger partial charge in [-0.15, -0.1) is 0 Å². The van der Waals surface area contributed by atoms with Crippen molar-refractivity contribution in [2.75, 3.05) is 0 Å². The van der Waals surface area contributed by atoms with Crippen molar-refractivity contribution in [1.82, 2.24) is 0 Å². The average Bonchev–Trinajstić information content (AvgIpc) is 3.06. The molecule has 0 N–H and O–H groups in total. The fraction of sp³-hybridized carbons (Fsp3) is 0.158. The third kappa shape index (κ3) is 4.40. The Labute approximate surface area is 175 Å². The second-order valence-electron chi connectivity index (χ2n) is 5.41. The molecule has 2 aromatic carbocycles. The van der Waals surface area contributed by atoms with Gasteiger partial charge in [0, 0.05) is 0 Å². The number of benzene rings is 2. The molecule has 0 unspecified atom stereocenters. The maximum absolute atomic E-state index is 2.30. The van der Waals surface area contributed by atoms with Gasteiger partial charge >= 0.3 is 26.2 Å². The molecule has 0 fully saturated rings. The first-order valence-corrected chi connectivity index (χ1v) is 6.96. The predicted molar refractivity (Wildman–Crippen MR) is 80.2 cm³/mol. The van der Waals surface area contributed by atoms with Crippen molar-refractivity contribution in [3.05, 3.63) is 83.5 Å². The van der Waals surface area contributed by atoms with Crippen LogP contribution in [0, 0.1) is 5.92 Å². The minimum Gasteiger partial charge on any atom is -1.00 e. The van der Waals surface area contributed by atoms with Crippen molar-refractivity contribution in [3.63, 3.8) is 0 Å². The Morgan fingerprint density at radius 3 is 2.17 bits per heavy atom. The van der Waals surface area contributed by atoms with Gasteiger partial charge in [-0.3, -0.25) is 0 Å². The van der Waals surface area contributed by atoms with E-state index in [1.165, 1.54) is 27.8 Å². The summed E-state index contributed by atoms with van der Waals surface area (Å²) in [7, 11) is 0. The molecule has 0 aromatic heterocycles. The number of hydrogen-bond donors (Lipinski definition) is 0. The molecule has 23 heavy (non-hydrogen) atoms. The van der Waals surface area contributed by atoms with Gasteiger partial charge in [-0.1, -0.05) is 66.8 Å². The number of hydrogen-bond acceptors (Lipinski definition) is 0. The Hall–Kier alpha value is -0.327. The molecule has 2 aromatic rings. The molecule has 0 saturated heterocycles. The number of halogens is 3. The van der Waals surface area contributed by atoms with Crippen LogP contribution in [0.2, 0.25) is 0 Å². The molecule has 4 rings (SSSR count). The van der Waals surface area contributed by atoms with Crippen LogP contribution in [-0.4, -0.2) is 0 Å². The van der Waals surface area contributed by atoms with Crippen LogP contribution in [0.5, 0.6) is 0 Å². The van der Waals surface area contributed by atoms with E-state index in [9.17, 15) is 0 Å². The summed E-state index contributed by atoms with van der Waals surface area (Å²) in [6.07, 6.45) is 11.1. The van der Waals surface area contributed by atoms with Crippen molar-refractivity contribution in [3.8, 4) is 11.1 Å². The summed E-state index contributed by atoms with van der Waals surface area (Å²) in [4.78, 5) is 0. The van der Waals surface area contributed by atoms with Gasteiger partial charge < -0.3 is 37.2 Å². The van der Waals surface area contributed by atoms with Crippen LogP contribution in [-0.2, 0) is 39.0 Å². The van der Waals surface area contributed by atoms with E-state index >= 15 is 0 Å². The molecule has 2 aliphatic rings. The van der Waals surface area contributed by atoms with E-state index < -0.39 is 0 Å². The van der Waals surface area contributed by atoms with Gasteiger partial charge in [-0.2, -0.15) is 0 Å². The molecule has 0 spiro atoms. The predicted octanol–water partition coefficient (Wildman–Crippen LogP) is -4.45. The SMILES string of the molecule is C1=CC(Cc2cccc3c2Cc2ccccc2-3)C=C1.[Cl-].[Cl-].[Cl-].[Zr+3]. The Balaban J connectivity index is 0.00000121. The quantitative estimate of drug-likeness (QED) is 0.376. The summed E-state index contributed by atoms with van der Waals surface area (Å²) in [5.41, 5.74) is 7.39. The standard InChI is InChI=1S/C19H16.3ClH.Zr/c1-2-7-14(6-1)12-15-9-5-11-18-17-10-4-3-8-16(17)13-19(15)18;;;;/h1-11,14H,12-13H2;3*1H;/q;;;;+3/p-3. The van der Waals surface area contributed by atoms with Crippen molar-refractivity contribution in [2.45, 2.75) is 12.8 Å². The second-order valence-corrected chi connectivity index (χ2v) is 5.41. The van der Waals surface area contributed by atoms with Crippen molar-refractivity contribution in [2.24, 2.45) is 5.92 Å². The zero-order chi connectivity index (χ0) is 12.7. The van der Waals surface area contributed by atoms with Gasteiger partial charge in [0.2, 0.25) is 0 Å².